The Kier molecular flexibility index (Phi) is 4.41. The van der Waals surface area contributed by atoms with E-state index in [0.717, 1.165) is 12.1 Å². The number of hydrogen-bond acceptors (Lipinski definition) is 2. The second-order valence-electron chi connectivity index (χ2n) is 3.51. The molecule has 1 nitrogen and oxygen atoms in total. The van der Waals surface area contributed by atoms with Crippen LogP contribution in [-0.2, 0) is 0 Å². The highest BCUT2D eigenvalue weighted by Gasteiger charge is 2.18. The summed E-state index contributed by atoms with van der Waals surface area (Å²) in [5, 5.41) is 0.220. The molecule has 1 aromatic rings. The second-order valence-corrected chi connectivity index (χ2v) is 5.07. The first-order chi connectivity index (χ1) is 7.43. The Morgan fingerprint density at radius 3 is 2.44 bits per heavy atom. The molecule has 0 fully saturated rings. The van der Waals surface area contributed by atoms with Crippen LogP contribution in [0.5, 0.6) is 0 Å². The molecule has 1 rings (SSSR count). The molecule has 0 unspecified atom stereocenters. The fourth-order valence-electron chi connectivity index (χ4n) is 1.06. The maximum atomic E-state index is 13.2. The molecule has 0 aromatic heterocycles. The highest BCUT2D eigenvalue weighted by molar-refractivity contribution is 8.00. The van der Waals surface area contributed by atoms with Crippen molar-refractivity contribution in [2.24, 2.45) is 0 Å². The Morgan fingerprint density at radius 1 is 1.25 bits per heavy atom. The number of rotatable bonds is 4. The van der Waals surface area contributed by atoms with E-state index >= 15 is 0 Å². The zero-order valence-electron chi connectivity index (χ0n) is 8.89. The number of thioether (sulfide) groups is 1. The van der Waals surface area contributed by atoms with Crippen LogP contribution in [0.1, 0.15) is 24.2 Å². The van der Waals surface area contributed by atoms with E-state index in [0.29, 0.717) is 0 Å². The molecule has 0 saturated carbocycles. The first-order valence-corrected chi connectivity index (χ1v) is 5.76. The first kappa shape index (κ1) is 13.1. The highest BCUT2D eigenvalue weighted by Crippen LogP contribution is 2.18. The number of ketones is 1. The van der Waals surface area contributed by atoms with E-state index < -0.39 is 28.8 Å². The minimum absolute atomic E-state index is 0.0552. The molecular formula is C11H11F3OS. The van der Waals surface area contributed by atoms with Crippen LogP contribution in [0.2, 0.25) is 0 Å². The van der Waals surface area contributed by atoms with Crippen molar-refractivity contribution in [2.45, 2.75) is 19.1 Å². The van der Waals surface area contributed by atoms with Crippen molar-refractivity contribution < 1.29 is 18.0 Å². The van der Waals surface area contributed by atoms with Crippen molar-refractivity contribution in [2.75, 3.05) is 5.75 Å². The van der Waals surface area contributed by atoms with Crippen LogP contribution in [0.15, 0.2) is 12.1 Å². The van der Waals surface area contributed by atoms with Gasteiger partial charge in [-0.05, 0) is 17.4 Å². The molecule has 0 aliphatic heterocycles. The average Bonchev–Trinajstić information content (AvgIpc) is 2.23. The lowest BCUT2D eigenvalue weighted by molar-refractivity contribution is 0.101. The van der Waals surface area contributed by atoms with Gasteiger partial charge in [0, 0.05) is 0 Å². The van der Waals surface area contributed by atoms with E-state index in [4.69, 9.17) is 0 Å². The number of carbonyl (C=O) groups is 1. The largest absolute Gasteiger partial charge is 0.293 e. The zero-order chi connectivity index (χ0) is 12.3. The Hall–Kier alpha value is -0.970. The summed E-state index contributed by atoms with van der Waals surface area (Å²) >= 11 is 1.32. The van der Waals surface area contributed by atoms with Crippen molar-refractivity contribution >= 4 is 17.5 Å². The Balaban J connectivity index is 2.88. The molecule has 1 aromatic carbocycles. The summed E-state index contributed by atoms with van der Waals surface area (Å²) in [4.78, 5) is 11.5. The number of carbonyl (C=O) groups excluding carboxylic acids is 1. The fourth-order valence-corrected chi connectivity index (χ4v) is 1.70. The number of halogens is 3. The quantitative estimate of drug-likeness (QED) is 0.600. The van der Waals surface area contributed by atoms with E-state index in [9.17, 15) is 18.0 Å². The van der Waals surface area contributed by atoms with Gasteiger partial charge in [-0.15, -0.1) is 0 Å². The van der Waals surface area contributed by atoms with E-state index in [1.54, 1.807) is 0 Å². The van der Waals surface area contributed by atoms with Crippen LogP contribution in [0.3, 0.4) is 0 Å². The summed E-state index contributed by atoms with van der Waals surface area (Å²) in [6.45, 7) is 3.78. The van der Waals surface area contributed by atoms with Crippen LogP contribution >= 0.6 is 11.8 Å². The molecule has 0 heterocycles. The first-order valence-electron chi connectivity index (χ1n) is 4.71. The summed E-state index contributed by atoms with van der Waals surface area (Å²) in [6.07, 6.45) is 0. The van der Waals surface area contributed by atoms with Crippen molar-refractivity contribution in [3.63, 3.8) is 0 Å². The third-order valence-electron chi connectivity index (χ3n) is 1.88. The molecule has 0 spiro atoms. The number of hydrogen-bond donors (Lipinski definition) is 0. The monoisotopic (exact) mass is 248 g/mol. The van der Waals surface area contributed by atoms with E-state index in [-0.39, 0.29) is 11.0 Å². The summed E-state index contributed by atoms with van der Waals surface area (Å²) in [5.41, 5.74) is -0.396. The predicted octanol–water partition coefficient (Wildman–Crippen LogP) is 3.43. The smallest absolute Gasteiger partial charge is 0.195 e. The normalized spacial score (nSPS) is 10.9. The highest BCUT2D eigenvalue weighted by atomic mass is 32.2. The predicted molar refractivity (Wildman–Crippen MR) is 58.2 cm³/mol. The summed E-state index contributed by atoms with van der Waals surface area (Å²) < 4.78 is 38.6. The third-order valence-corrected chi connectivity index (χ3v) is 2.98. The maximum Gasteiger partial charge on any atom is 0.195 e. The van der Waals surface area contributed by atoms with Gasteiger partial charge in [0.1, 0.15) is 0 Å². The SMILES string of the molecule is CC(C)SCC(=O)c1ccc(F)c(F)c1F. The molecule has 0 bridgehead atoms. The van der Waals surface area contributed by atoms with Gasteiger partial charge in [0.15, 0.2) is 23.2 Å². The fraction of sp³-hybridized carbons (Fsp3) is 0.364. The minimum atomic E-state index is -1.60. The standard InChI is InChI=1S/C11H11F3OS/c1-6(2)16-5-9(15)7-3-4-8(12)11(14)10(7)13/h3-4,6H,5H2,1-2H3. The van der Waals surface area contributed by atoms with Gasteiger partial charge in [0.05, 0.1) is 11.3 Å². The summed E-state index contributed by atoms with van der Waals surface area (Å²) in [7, 11) is 0. The van der Waals surface area contributed by atoms with Crippen LogP contribution < -0.4 is 0 Å². The molecule has 0 saturated heterocycles. The third kappa shape index (κ3) is 3.01. The topological polar surface area (TPSA) is 17.1 Å². The van der Waals surface area contributed by atoms with E-state index in [2.05, 4.69) is 0 Å². The van der Waals surface area contributed by atoms with Crippen LogP contribution in [-0.4, -0.2) is 16.8 Å². The number of Topliss-reactive ketones (excluding diaryl/α,β-unsaturated/α-hetero) is 1. The van der Waals surface area contributed by atoms with Gasteiger partial charge in [-0.3, -0.25) is 4.79 Å². The number of benzene rings is 1. The van der Waals surface area contributed by atoms with Crippen molar-refractivity contribution in [3.05, 3.63) is 35.1 Å². The van der Waals surface area contributed by atoms with Gasteiger partial charge in [0.25, 0.3) is 0 Å². The maximum absolute atomic E-state index is 13.2. The van der Waals surface area contributed by atoms with Gasteiger partial charge in [-0.2, -0.15) is 11.8 Å². The van der Waals surface area contributed by atoms with Crippen LogP contribution in [0.25, 0.3) is 0 Å². The molecule has 0 aliphatic carbocycles. The molecule has 0 radical (unpaired) electrons. The van der Waals surface area contributed by atoms with E-state index in [1.807, 2.05) is 13.8 Å². The van der Waals surface area contributed by atoms with Gasteiger partial charge in [-0.1, -0.05) is 13.8 Å². The molecular weight excluding hydrogens is 237 g/mol. The van der Waals surface area contributed by atoms with Crippen molar-refractivity contribution in [1.29, 1.82) is 0 Å². The Labute approximate surface area is 96.0 Å². The van der Waals surface area contributed by atoms with Gasteiger partial charge >= 0.3 is 0 Å². The molecule has 5 heteroatoms. The van der Waals surface area contributed by atoms with E-state index in [1.165, 1.54) is 11.8 Å². The lowest BCUT2D eigenvalue weighted by Crippen LogP contribution is -2.09. The average molecular weight is 248 g/mol. The minimum Gasteiger partial charge on any atom is -0.293 e. The molecule has 0 N–H and O–H groups in total. The zero-order valence-corrected chi connectivity index (χ0v) is 9.71. The Morgan fingerprint density at radius 2 is 1.88 bits per heavy atom. The van der Waals surface area contributed by atoms with Crippen LogP contribution in [0, 0.1) is 17.5 Å². The lowest BCUT2D eigenvalue weighted by Gasteiger charge is -2.05. The molecule has 0 atom stereocenters. The van der Waals surface area contributed by atoms with Crippen molar-refractivity contribution in [1.82, 2.24) is 0 Å². The lowest BCUT2D eigenvalue weighted by atomic mass is 10.1. The molecule has 0 aliphatic rings. The molecule has 88 valence electrons. The second kappa shape index (κ2) is 5.39. The summed E-state index contributed by atoms with van der Waals surface area (Å²) in [6, 6.07) is 1.72. The molecule has 16 heavy (non-hydrogen) atoms. The Bertz CT molecular complexity index is 404. The van der Waals surface area contributed by atoms with Gasteiger partial charge < -0.3 is 0 Å². The molecule has 0 amide bonds. The van der Waals surface area contributed by atoms with Gasteiger partial charge in [-0.25, -0.2) is 13.2 Å². The van der Waals surface area contributed by atoms with Gasteiger partial charge in [0.2, 0.25) is 0 Å². The van der Waals surface area contributed by atoms with Crippen LogP contribution in [0.4, 0.5) is 13.2 Å². The summed E-state index contributed by atoms with van der Waals surface area (Å²) in [5.74, 6) is -4.77. The van der Waals surface area contributed by atoms with Crippen molar-refractivity contribution in [3.8, 4) is 0 Å².